The number of rotatable bonds is 8. The number of benzene rings is 1. The van der Waals surface area contributed by atoms with Crippen molar-refractivity contribution in [3.8, 4) is 0 Å². The third-order valence-corrected chi connectivity index (χ3v) is 6.44. The highest BCUT2D eigenvalue weighted by molar-refractivity contribution is 5.92. The number of nitrogens with zero attached hydrogens (tertiary/aromatic N) is 3. The van der Waals surface area contributed by atoms with Crippen LogP contribution in [0.5, 0.6) is 0 Å². The minimum absolute atomic E-state index is 0.185. The number of carbonyl (C=O) groups excluding carboxylic acids is 1. The molecule has 1 fully saturated rings. The summed E-state index contributed by atoms with van der Waals surface area (Å²) in [5, 5.41) is 16.7. The summed E-state index contributed by atoms with van der Waals surface area (Å²) in [5.41, 5.74) is 2.99. The predicted molar refractivity (Wildman–Crippen MR) is 122 cm³/mol. The second kappa shape index (κ2) is 10.8. The van der Waals surface area contributed by atoms with Crippen LogP contribution in [0.25, 0.3) is 0 Å². The van der Waals surface area contributed by atoms with Gasteiger partial charge in [-0.2, -0.15) is 0 Å². The summed E-state index contributed by atoms with van der Waals surface area (Å²) in [5.74, 6) is 0.347. The molecule has 1 amide bonds. The minimum Gasteiger partial charge on any atom is -0.390 e. The zero-order chi connectivity index (χ0) is 22.3. The number of β-amino-alcohol motifs (C(OH)–C–C–N with tert-alkyl or cyclic N) is 1. The number of methoxy groups -OCH3 is 1. The largest absolute Gasteiger partial charge is 0.390 e. The van der Waals surface area contributed by atoms with Crippen LogP contribution >= 0.6 is 0 Å². The Kier molecular flexibility index (Phi) is 7.68. The number of aliphatic hydroxyl groups excluding tert-OH is 1. The monoisotopic (exact) mass is 439 g/mol. The molecule has 0 radical (unpaired) electrons. The maximum atomic E-state index is 12.6. The summed E-state index contributed by atoms with van der Waals surface area (Å²) < 4.78 is 5.42. The van der Waals surface area contributed by atoms with Crippen molar-refractivity contribution in [3.05, 3.63) is 53.5 Å². The highest BCUT2D eigenvalue weighted by atomic mass is 16.5. The van der Waals surface area contributed by atoms with Gasteiger partial charge in [0.2, 0.25) is 0 Å². The third kappa shape index (κ3) is 6.03. The Morgan fingerprint density at radius 3 is 2.78 bits per heavy atom. The molecule has 0 spiro atoms. The Morgan fingerprint density at radius 2 is 2.00 bits per heavy atom. The molecule has 1 saturated carbocycles. The lowest BCUT2D eigenvalue weighted by molar-refractivity contribution is 0.0681. The molecular weight excluding hydrogens is 406 g/mol. The topological polar surface area (TPSA) is 99.6 Å². The number of fused-ring (bicyclic) bond motifs is 1. The number of hydrogen-bond donors (Lipinski definition) is 3. The summed E-state index contributed by atoms with van der Waals surface area (Å²) >= 11 is 0. The molecule has 2 aromatic rings. The molecule has 2 aliphatic rings. The molecule has 1 atom stereocenters. The molecule has 3 N–H and O–H groups in total. The molecule has 172 valence electrons. The van der Waals surface area contributed by atoms with E-state index < -0.39 is 6.10 Å². The SMILES string of the molecule is CO[C@H]1CC[C@H](Nc2cc(C(=O)NC[C@H](O)CN3CCc4ccccc4C3)ncn2)CC1. The van der Waals surface area contributed by atoms with Crippen molar-refractivity contribution < 1.29 is 14.6 Å². The molecule has 1 aromatic heterocycles. The lowest BCUT2D eigenvalue weighted by atomic mass is 9.93. The Hall–Kier alpha value is -2.55. The number of amides is 1. The first kappa shape index (κ1) is 22.6. The number of aliphatic hydroxyl groups is 1. The zero-order valence-electron chi connectivity index (χ0n) is 18.7. The molecule has 1 aromatic carbocycles. The van der Waals surface area contributed by atoms with Gasteiger partial charge in [-0.3, -0.25) is 9.69 Å². The highest BCUT2D eigenvalue weighted by Crippen LogP contribution is 2.23. The Bertz CT molecular complexity index is 901. The first-order valence-corrected chi connectivity index (χ1v) is 11.5. The van der Waals surface area contributed by atoms with Gasteiger partial charge >= 0.3 is 0 Å². The Morgan fingerprint density at radius 1 is 1.22 bits per heavy atom. The summed E-state index contributed by atoms with van der Waals surface area (Å²) in [7, 11) is 1.76. The summed E-state index contributed by atoms with van der Waals surface area (Å²) in [6.07, 6.45) is 6.15. The van der Waals surface area contributed by atoms with Crippen molar-refractivity contribution in [1.29, 1.82) is 0 Å². The lowest BCUT2D eigenvalue weighted by Crippen LogP contribution is -2.42. The maximum Gasteiger partial charge on any atom is 0.270 e. The van der Waals surface area contributed by atoms with Crippen LogP contribution in [-0.4, -0.2) is 70.9 Å². The van der Waals surface area contributed by atoms with E-state index in [4.69, 9.17) is 4.74 Å². The van der Waals surface area contributed by atoms with Gasteiger partial charge in [-0.25, -0.2) is 9.97 Å². The first-order chi connectivity index (χ1) is 15.6. The van der Waals surface area contributed by atoms with Gasteiger partial charge in [-0.15, -0.1) is 0 Å². The average Bonchev–Trinajstić information content (AvgIpc) is 2.83. The second-order valence-electron chi connectivity index (χ2n) is 8.76. The summed E-state index contributed by atoms with van der Waals surface area (Å²) in [6, 6.07) is 10.4. The minimum atomic E-state index is -0.639. The Balaban J connectivity index is 1.23. The normalized spacial score (nSPS) is 22.1. The van der Waals surface area contributed by atoms with E-state index >= 15 is 0 Å². The van der Waals surface area contributed by atoms with Crippen LogP contribution < -0.4 is 10.6 Å². The number of anilines is 1. The van der Waals surface area contributed by atoms with E-state index in [-0.39, 0.29) is 12.5 Å². The number of ether oxygens (including phenoxy) is 1. The molecule has 8 nitrogen and oxygen atoms in total. The van der Waals surface area contributed by atoms with E-state index in [1.807, 2.05) is 0 Å². The average molecular weight is 440 g/mol. The highest BCUT2D eigenvalue weighted by Gasteiger charge is 2.22. The van der Waals surface area contributed by atoms with Crippen molar-refractivity contribution in [2.24, 2.45) is 0 Å². The molecule has 32 heavy (non-hydrogen) atoms. The quantitative estimate of drug-likeness (QED) is 0.578. The van der Waals surface area contributed by atoms with Crippen molar-refractivity contribution in [2.45, 2.75) is 56.9 Å². The number of aromatic nitrogens is 2. The summed E-state index contributed by atoms with van der Waals surface area (Å²) in [4.78, 5) is 23.1. The maximum absolute atomic E-state index is 12.6. The standard InChI is InChI=1S/C24H33N5O3/c1-32-21-8-6-19(7-9-21)28-23-12-22(26-16-27-23)24(31)25-13-20(30)15-29-11-10-17-4-2-3-5-18(17)14-29/h2-5,12,16,19-21,30H,6-11,13-15H2,1H3,(H,25,31)(H,26,27,28)/t19-,20-,21-/m0/s1. The third-order valence-electron chi connectivity index (χ3n) is 6.44. The van der Waals surface area contributed by atoms with Crippen molar-refractivity contribution in [3.63, 3.8) is 0 Å². The molecule has 1 aliphatic carbocycles. The van der Waals surface area contributed by atoms with Crippen LogP contribution in [0.3, 0.4) is 0 Å². The van der Waals surface area contributed by atoms with Gasteiger partial charge in [0.1, 0.15) is 17.8 Å². The van der Waals surface area contributed by atoms with E-state index in [9.17, 15) is 9.90 Å². The van der Waals surface area contributed by atoms with Gasteiger partial charge in [0.25, 0.3) is 5.91 Å². The molecule has 8 heteroatoms. The molecule has 0 unspecified atom stereocenters. The molecule has 1 aliphatic heterocycles. The van der Waals surface area contributed by atoms with Gasteiger partial charge in [-0.1, -0.05) is 24.3 Å². The van der Waals surface area contributed by atoms with E-state index in [0.717, 1.165) is 45.2 Å². The molecule has 0 saturated heterocycles. The van der Waals surface area contributed by atoms with E-state index in [0.29, 0.717) is 30.2 Å². The van der Waals surface area contributed by atoms with Crippen LogP contribution in [0.15, 0.2) is 36.7 Å². The van der Waals surface area contributed by atoms with E-state index in [2.05, 4.69) is 49.8 Å². The lowest BCUT2D eigenvalue weighted by Gasteiger charge is -2.30. The number of nitrogens with one attached hydrogen (secondary N) is 2. The number of hydrogen-bond acceptors (Lipinski definition) is 7. The van der Waals surface area contributed by atoms with Crippen molar-refractivity contribution >= 4 is 11.7 Å². The molecule has 0 bridgehead atoms. The number of carbonyl (C=O) groups is 1. The molecular formula is C24H33N5O3. The van der Waals surface area contributed by atoms with Gasteiger partial charge in [0.15, 0.2) is 0 Å². The van der Waals surface area contributed by atoms with Crippen LogP contribution in [0.1, 0.15) is 47.3 Å². The van der Waals surface area contributed by atoms with Gasteiger partial charge in [0.05, 0.1) is 12.2 Å². The van der Waals surface area contributed by atoms with E-state index in [1.54, 1.807) is 13.2 Å². The van der Waals surface area contributed by atoms with Crippen molar-refractivity contribution in [2.75, 3.05) is 32.1 Å². The van der Waals surface area contributed by atoms with Crippen LogP contribution in [-0.2, 0) is 17.7 Å². The van der Waals surface area contributed by atoms with Crippen LogP contribution in [0.4, 0.5) is 5.82 Å². The molecule has 2 heterocycles. The predicted octanol–water partition coefficient (Wildman–Crippen LogP) is 2.00. The fourth-order valence-corrected chi connectivity index (χ4v) is 4.59. The fourth-order valence-electron chi connectivity index (χ4n) is 4.59. The van der Waals surface area contributed by atoms with Crippen molar-refractivity contribution in [1.82, 2.24) is 20.2 Å². The smallest absolute Gasteiger partial charge is 0.270 e. The van der Waals surface area contributed by atoms with E-state index in [1.165, 1.54) is 17.5 Å². The summed E-state index contributed by atoms with van der Waals surface area (Å²) in [6.45, 7) is 2.45. The van der Waals surface area contributed by atoms with Crippen LogP contribution in [0.2, 0.25) is 0 Å². The Labute approximate surface area is 189 Å². The van der Waals surface area contributed by atoms with Gasteiger partial charge in [0, 0.05) is 45.4 Å². The second-order valence-corrected chi connectivity index (χ2v) is 8.76. The first-order valence-electron chi connectivity index (χ1n) is 11.5. The molecule has 4 rings (SSSR count). The van der Waals surface area contributed by atoms with Gasteiger partial charge < -0.3 is 20.5 Å². The van der Waals surface area contributed by atoms with Crippen LogP contribution in [0, 0.1) is 0 Å². The van der Waals surface area contributed by atoms with Gasteiger partial charge in [-0.05, 0) is 43.2 Å². The fraction of sp³-hybridized carbons (Fsp3) is 0.542. The zero-order valence-corrected chi connectivity index (χ0v) is 18.7.